The summed E-state index contributed by atoms with van der Waals surface area (Å²) >= 11 is 0.749. The number of hydrogen-bond donors (Lipinski definition) is 1. The Labute approximate surface area is 195 Å². The highest BCUT2D eigenvalue weighted by atomic mass is 32.2. The third-order valence-electron chi connectivity index (χ3n) is 4.80. The monoisotopic (exact) mass is 484 g/mol. The number of amidine groups is 3. The smallest absolute Gasteiger partial charge is 0.283 e. The molecule has 0 atom stereocenters. The lowest BCUT2D eigenvalue weighted by atomic mass is 10.1. The molecule has 0 saturated heterocycles. The van der Waals surface area contributed by atoms with Gasteiger partial charge < -0.3 is 9.47 Å². The van der Waals surface area contributed by atoms with Crippen LogP contribution in [0, 0.1) is 12.3 Å². The second-order valence-corrected chi connectivity index (χ2v) is 10.0. The number of hydrogen-bond acceptors (Lipinski definition) is 8. The van der Waals surface area contributed by atoms with Gasteiger partial charge in [0.25, 0.3) is 5.91 Å². The van der Waals surface area contributed by atoms with Gasteiger partial charge >= 0.3 is 0 Å². The molecule has 0 aliphatic carbocycles. The molecule has 0 fully saturated rings. The first-order valence-corrected chi connectivity index (χ1v) is 12.4. The number of nitrogens with zero attached hydrogens (tertiary/aromatic N) is 3. The number of aliphatic imine (C=N–C) groups is 1. The maximum absolute atomic E-state index is 12.5. The van der Waals surface area contributed by atoms with Crippen LogP contribution < -0.4 is 9.47 Å². The van der Waals surface area contributed by atoms with Crippen molar-refractivity contribution in [2.45, 2.75) is 13.5 Å². The molecule has 0 unspecified atom stereocenters. The third kappa shape index (κ3) is 4.69. The predicted molar refractivity (Wildman–Crippen MR) is 128 cm³/mol. The molecule has 4 rings (SSSR count). The third-order valence-corrected chi connectivity index (χ3v) is 6.56. The van der Waals surface area contributed by atoms with E-state index in [0.29, 0.717) is 23.7 Å². The second-order valence-electron chi connectivity index (χ2n) is 7.37. The number of fused-ring (bicyclic) bond motifs is 1. The topological polar surface area (TPSA) is 121 Å². The summed E-state index contributed by atoms with van der Waals surface area (Å²) in [5.41, 5.74) is 2.65. The molecule has 0 spiro atoms. The Morgan fingerprint density at radius 3 is 2.67 bits per heavy atom. The van der Waals surface area contributed by atoms with Crippen LogP contribution in [0.2, 0.25) is 0 Å². The number of sulfone groups is 1. The Morgan fingerprint density at radius 2 is 1.97 bits per heavy atom. The number of benzene rings is 2. The molecule has 0 saturated carbocycles. The van der Waals surface area contributed by atoms with Crippen molar-refractivity contribution in [3.8, 4) is 11.5 Å². The molecular formula is C22H20N4O5S2. The number of methoxy groups -OCH3 is 1. The van der Waals surface area contributed by atoms with Crippen molar-refractivity contribution in [2.24, 2.45) is 9.39 Å². The van der Waals surface area contributed by atoms with Crippen LogP contribution in [0.5, 0.6) is 11.5 Å². The average Bonchev–Trinajstić information content (AvgIpc) is 3.20. The minimum Gasteiger partial charge on any atom is -0.493 e. The zero-order chi connectivity index (χ0) is 23.8. The Bertz CT molecular complexity index is 1360. The summed E-state index contributed by atoms with van der Waals surface area (Å²) in [7, 11) is -2.20. The van der Waals surface area contributed by atoms with Crippen molar-refractivity contribution in [3.05, 3.63) is 64.7 Å². The maximum atomic E-state index is 12.5. The van der Waals surface area contributed by atoms with E-state index in [2.05, 4.69) is 9.39 Å². The Balaban J connectivity index is 1.60. The van der Waals surface area contributed by atoms with E-state index in [1.54, 1.807) is 18.2 Å². The first-order chi connectivity index (χ1) is 15.7. The standard InChI is InChI=1S/C22H20N4O5S2/c1-13-5-4-6-15(9-13)12-31-17-8-7-14(11-18(17)30-2)10-16-19(23)26-21(24-20(16)27)32-25-22(26)33(3,28)29/h4-11,23H,12H2,1-3H3/b16-10-,23-19?. The molecule has 1 N–H and O–H groups in total. The molecule has 11 heteroatoms. The van der Waals surface area contributed by atoms with Gasteiger partial charge in [-0.25, -0.2) is 13.3 Å². The van der Waals surface area contributed by atoms with Crippen molar-refractivity contribution >= 4 is 49.9 Å². The van der Waals surface area contributed by atoms with Gasteiger partial charge in [-0.1, -0.05) is 35.9 Å². The summed E-state index contributed by atoms with van der Waals surface area (Å²) in [5, 5.41) is 8.14. The van der Waals surface area contributed by atoms with Gasteiger partial charge in [0.2, 0.25) is 20.2 Å². The zero-order valence-corrected chi connectivity index (χ0v) is 19.7. The number of carbonyl (C=O) groups is 1. The highest BCUT2D eigenvalue weighted by molar-refractivity contribution is 8.16. The molecule has 0 bridgehead atoms. The SMILES string of the molecule is COc1cc(/C=C2/C(=N)N3C(=NC2=O)SN=C3S(C)(=O)=O)ccc1OCc1cccc(C)c1. The van der Waals surface area contributed by atoms with Gasteiger partial charge in [0, 0.05) is 6.26 Å². The molecule has 2 heterocycles. The fourth-order valence-electron chi connectivity index (χ4n) is 3.26. The number of nitrogens with one attached hydrogen (secondary N) is 1. The zero-order valence-electron chi connectivity index (χ0n) is 18.0. The van der Waals surface area contributed by atoms with Crippen molar-refractivity contribution in [1.82, 2.24) is 4.90 Å². The lowest BCUT2D eigenvalue weighted by Crippen LogP contribution is -2.45. The number of carbonyl (C=O) groups excluding carboxylic acids is 1. The summed E-state index contributed by atoms with van der Waals surface area (Å²) in [6.45, 7) is 2.37. The fourth-order valence-corrected chi connectivity index (χ4v) is 5.11. The van der Waals surface area contributed by atoms with Crippen LogP contribution in [0.25, 0.3) is 6.08 Å². The van der Waals surface area contributed by atoms with E-state index in [9.17, 15) is 13.2 Å². The van der Waals surface area contributed by atoms with E-state index >= 15 is 0 Å². The van der Waals surface area contributed by atoms with Crippen LogP contribution in [-0.2, 0) is 21.2 Å². The predicted octanol–water partition coefficient (Wildman–Crippen LogP) is 3.20. The summed E-state index contributed by atoms with van der Waals surface area (Å²) in [5.74, 6) is 0.0143. The maximum Gasteiger partial charge on any atom is 0.283 e. The Morgan fingerprint density at radius 1 is 1.18 bits per heavy atom. The molecule has 2 aliphatic heterocycles. The quantitative estimate of drug-likeness (QED) is 0.511. The van der Waals surface area contributed by atoms with E-state index in [4.69, 9.17) is 14.9 Å². The van der Waals surface area contributed by atoms with E-state index in [1.165, 1.54) is 13.2 Å². The molecule has 0 radical (unpaired) electrons. The van der Waals surface area contributed by atoms with E-state index in [0.717, 1.165) is 34.2 Å². The lowest BCUT2D eigenvalue weighted by molar-refractivity contribution is -0.114. The minimum atomic E-state index is -3.71. The normalized spacial score (nSPS) is 17.1. The highest BCUT2D eigenvalue weighted by Gasteiger charge is 2.41. The number of rotatable bonds is 5. The van der Waals surface area contributed by atoms with Crippen molar-refractivity contribution in [1.29, 1.82) is 5.41 Å². The van der Waals surface area contributed by atoms with Gasteiger partial charge in [-0.15, -0.1) is 0 Å². The molecule has 2 aromatic carbocycles. The van der Waals surface area contributed by atoms with Gasteiger partial charge in [-0.2, -0.15) is 9.39 Å². The molecule has 2 aliphatic rings. The number of aryl methyl sites for hydroxylation is 1. The number of ether oxygens (including phenoxy) is 2. The van der Waals surface area contributed by atoms with Crippen molar-refractivity contribution < 1.29 is 22.7 Å². The molecular weight excluding hydrogens is 464 g/mol. The second kappa shape index (κ2) is 8.83. The van der Waals surface area contributed by atoms with Crippen molar-refractivity contribution in [3.63, 3.8) is 0 Å². The van der Waals surface area contributed by atoms with E-state index in [1.807, 2.05) is 31.2 Å². The van der Waals surface area contributed by atoms with Crippen LogP contribution in [-0.4, -0.2) is 48.8 Å². The van der Waals surface area contributed by atoms with Crippen LogP contribution >= 0.6 is 11.9 Å². The Hall–Kier alpha value is -3.44. The molecule has 2 aromatic rings. The van der Waals surface area contributed by atoms with Crippen LogP contribution in [0.4, 0.5) is 0 Å². The van der Waals surface area contributed by atoms with E-state index in [-0.39, 0.29) is 21.7 Å². The van der Waals surface area contributed by atoms with Gasteiger partial charge in [0.05, 0.1) is 24.6 Å². The van der Waals surface area contributed by atoms with Gasteiger partial charge in [-0.3, -0.25) is 10.2 Å². The molecule has 0 aromatic heterocycles. The summed E-state index contributed by atoms with van der Waals surface area (Å²) < 4.78 is 39.2. The minimum absolute atomic E-state index is 0.0417. The molecule has 1 amide bonds. The average molecular weight is 485 g/mol. The van der Waals surface area contributed by atoms with Gasteiger partial charge in [0.15, 0.2) is 11.5 Å². The van der Waals surface area contributed by atoms with Crippen LogP contribution in [0.15, 0.2) is 57.4 Å². The Kier molecular flexibility index (Phi) is 6.09. The van der Waals surface area contributed by atoms with E-state index < -0.39 is 15.7 Å². The molecule has 170 valence electrons. The first kappa shape index (κ1) is 22.7. The highest BCUT2D eigenvalue weighted by Crippen LogP contribution is 2.32. The molecule has 9 nitrogen and oxygen atoms in total. The fraction of sp³-hybridized carbons (Fsp3) is 0.182. The molecule has 33 heavy (non-hydrogen) atoms. The first-order valence-electron chi connectivity index (χ1n) is 9.72. The summed E-state index contributed by atoms with van der Waals surface area (Å²) in [6, 6.07) is 13.1. The lowest BCUT2D eigenvalue weighted by Gasteiger charge is -2.23. The van der Waals surface area contributed by atoms with Gasteiger partial charge in [0.1, 0.15) is 12.4 Å². The van der Waals surface area contributed by atoms with Crippen molar-refractivity contribution in [2.75, 3.05) is 13.4 Å². The number of amides is 1. The van der Waals surface area contributed by atoms with Gasteiger partial charge in [-0.05, 0) is 36.3 Å². The van der Waals surface area contributed by atoms with Crippen LogP contribution in [0.3, 0.4) is 0 Å². The summed E-state index contributed by atoms with van der Waals surface area (Å²) in [6.07, 6.45) is 2.45. The largest absolute Gasteiger partial charge is 0.493 e. The summed E-state index contributed by atoms with van der Waals surface area (Å²) in [4.78, 5) is 17.5. The van der Waals surface area contributed by atoms with Crippen LogP contribution in [0.1, 0.15) is 16.7 Å².